The van der Waals surface area contributed by atoms with Gasteiger partial charge in [0, 0.05) is 22.4 Å². The molecule has 1 saturated heterocycles. The number of likely N-dealkylation sites (N-methyl/N-ethyl adjacent to an activating group) is 1. The van der Waals surface area contributed by atoms with Crippen molar-refractivity contribution < 1.29 is 4.79 Å². The summed E-state index contributed by atoms with van der Waals surface area (Å²) in [4.78, 5) is 19.6. The number of carbonyl (C=O) groups is 1. The quantitative estimate of drug-likeness (QED) is 0.883. The minimum Gasteiger partial charge on any atom is -0.336 e. The molecule has 130 valence electrons. The summed E-state index contributed by atoms with van der Waals surface area (Å²) in [6.45, 7) is 5.09. The minimum absolute atomic E-state index is 0.0387. The first-order chi connectivity index (χ1) is 12.3. The molecule has 5 heteroatoms. The van der Waals surface area contributed by atoms with E-state index in [0.717, 1.165) is 40.7 Å². The van der Waals surface area contributed by atoms with Crippen molar-refractivity contribution in [2.75, 3.05) is 24.5 Å². The number of para-hydroxylation sites is 2. The molecule has 2 amide bonds. The average molecular weight is 353 g/mol. The Morgan fingerprint density at radius 1 is 1.12 bits per heavy atom. The molecular formula is C20H23N3OS. The number of urea groups is 1. The molecule has 1 unspecified atom stereocenters. The van der Waals surface area contributed by atoms with Gasteiger partial charge in [0.1, 0.15) is 0 Å². The van der Waals surface area contributed by atoms with Crippen molar-refractivity contribution in [3.63, 3.8) is 0 Å². The second-order valence-electron chi connectivity index (χ2n) is 6.48. The molecule has 0 aromatic heterocycles. The topological polar surface area (TPSA) is 35.6 Å². The van der Waals surface area contributed by atoms with Gasteiger partial charge in [0.25, 0.3) is 0 Å². The van der Waals surface area contributed by atoms with E-state index in [0.29, 0.717) is 12.6 Å². The van der Waals surface area contributed by atoms with Crippen LogP contribution in [-0.4, -0.2) is 36.6 Å². The number of amides is 2. The van der Waals surface area contributed by atoms with E-state index in [1.165, 1.54) is 6.42 Å². The van der Waals surface area contributed by atoms with Crippen molar-refractivity contribution in [2.45, 2.75) is 35.6 Å². The monoisotopic (exact) mass is 353 g/mol. The van der Waals surface area contributed by atoms with E-state index in [4.69, 9.17) is 0 Å². The van der Waals surface area contributed by atoms with Gasteiger partial charge in [0.2, 0.25) is 0 Å². The zero-order chi connectivity index (χ0) is 17.2. The van der Waals surface area contributed by atoms with Crippen molar-refractivity contribution in [1.29, 1.82) is 0 Å². The third-order valence-electron chi connectivity index (χ3n) is 5.03. The van der Waals surface area contributed by atoms with Crippen LogP contribution in [0, 0.1) is 0 Å². The van der Waals surface area contributed by atoms with Crippen LogP contribution in [0.5, 0.6) is 0 Å². The smallest absolute Gasteiger partial charge is 0.326 e. The van der Waals surface area contributed by atoms with Gasteiger partial charge in [-0.3, -0.25) is 9.80 Å². The summed E-state index contributed by atoms with van der Waals surface area (Å²) in [7, 11) is 0. The summed E-state index contributed by atoms with van der Waals surface area (Å²) >= 11 is 1.72. The van der Waals surface area contributed by atoms with Crippen LogP contribution in [-0.2, 0) is 0 Å². The van der Waals surface area contributed by atoms with Crippen LogP contribution in [0.25, 0.3) is 0 Å². The summed E-state index contributed by atoms with van der Waals surface area (Å²) in [5.74, 6) is 0. The summed E-state index contributed by atoms with van der Waals surface area (Å²) in [5.41, 5.74) is 1.92. The van der Waals surface area contributed by atoms with Gasteiger partial charge in [-0.05, 0) is 50.2 Å². The molecule has 2 aliphatic heterocycles. The number of carbonyl (C=O) groups excluding carboxylic acids is 1. The van der Waals surface area contributed by atoms with Crippen molar-refractivity contribution >= 4 is 29.2 Å². The molecular weight excluding hydrogens is 330 g/mol. The molecule has 4 nitrogen and oxygen atoms in total. The number of benzene rings is 2. The van der Waals surface area contributed by atoms with Gasteiger partial charge >= 0.3 is 6.03 Å². The van der Waals surface area contributed by atoms with Gasteiger partial charge in [-0.25, -0.2) is 4.79 Å². The number of anilines is 2. The highest BCUT2D eigenvalue weighted by atomic mass is 32.2. The van der Waals surface area contributed by atoms with E-state index >= 15 is 0 Å². The van der Waals surface area contributed by atoms with Crippen LogP contribution >= 0.6 is 11.8 Å². The van der Waals surface area contributed by atoms with E-state index in [9.17, 15) is 4.79 Å². The molecule has 2 aromatic carbocycles. The molecule has 4 rings (SSSR count). The van der Waals surface area contributed by atoms with Crippen molar-refractivity contribution in [3.8, 4) is 0 Å². The molecule has 2 heterocycles. The zero-order valence-electron chi connectivity index (χ0n) is 14.4. The predicted octanol–water partition coefficient (Wildman–Crippen LogP) is 4.48. The lowest BCUT2D eigenvalue weighted by atomic mass is 10.2. The Bertz CT molecular complexity index is 734. The number of rotatable bonds is 3. The first-order valence-electron chi connectivity index (χ1n) is 8.96. The Hall–Kier alpha value is -1.98. The van der Waals surface area contributed by atoms with Crippen LogP contribution in [0.1, 0.15) is 19.8 Å². The van der Waals surface area contributed by atoms with Crippen LogP contribution in [0.15, 0.2) is 58.3 Å². The van der Waals surface area contributed by atoms with Gasteiger partial charge in [-0.1, -0.05) is 43.0 Å². The first kappa shape index (κ1) is 16.5. The summed E-state index contributed by atoms with van der Waals surface area (Å²) in [5, 5.41) is 3.18. The van der Waals surface area contributed by atoms with Crippen LogP contribution in [0.3, 0.4) is 0 Å². The molecule has 0 saturated carbocycles. The maximum absolute atomic E-state index is 13.1. The Kier molecular flexibility index (Phi) is 4.68. The second-order valence-corrected chi connectivity index (χ2v) is 7.57. The Morgan fingerprint density at radius 3 is 2.40 bits per heavy atom. The van der Waals surface area contributed by atoms with E-state index in [-0.39, 0.29) is 6.03 Å². The third-order valence-corrected chi connectivity index (χ3v) is 6.16. The highest BCUT2D eigenvalue weighted by Gasteiger charge is 2.29. The number of hydrogen-bond acceptors (Lipinski definition) is 3. The Labute approximate surface area is 153 Å². The molecule has 0 radical (unpaired) electrons. The maximum Gasteiger partial charge on any atom is 0.326 e. The van der Waals surface area contributed by atoms with Crippen molar-refractivity contribution in [2.24, 2.45) is 0 Å². The predicted molar refractivity (Wildman–Crippen MR) is 103 cm³/mol. The van der Waals surface area contributed by atoms with Gasteiger partial charge in [-0.15, -0.1) is 0 Å². The number of nitrogens with one attached hydrogen (secondary N) is 1. The highest BCUT2D eigenvalue weighted by Crippen LogP contribution is 2.47. The Morgan fingerprint density at radius 2 is 1.76 bits per heavy atom. The average Bonchev–Trinajstić information content (AvgIpc) is 3.11. The number of hydrogen-bond donors (Lipinski definition) is 1. The summed E-state index contributed by atoms with van der Waals surface area (Å²) in [6, 6.07) is 16.6. The fourth-order valence-corrected chi connectivity index (χ4v) is 4.81. The van der Waals surface area contributed by atoms with E-state index in [2.05, 4.69) is 29.3 Å². The summed E-state index contributed by atoms with van der Waals surface area (Å²) < 4.78 is 0. The molecule has 0 spiro atoms. The largest absolute Gasteiger partial charge is 0.336 e. The lowest BCUT2D eigenvalue weighted by molar-refractivity contribution is 0.235. The van der Waals surface area contributed by atoms with Crippen LogP contribution in [0.4, 0.5) is 16.2 Å². The van der Waals surface area contributed by atoms with E-state index < -0.39 is 0 Å². The lowest BCUT2D eigenvalue weighted by Crippen LogP contribution is -2.45. The van der Waals surface area contributed by atoms with Gasteiger partial charge in [-0.2, -0.15) is 0 Å². The fraction of sp³-hybridized carbons (Fsp3) is 0.350. The zero-order valence-corrected chi connectivity index (χ0v) is 15.3. The van der Waals surface area contributed by atoms with E-state index in [1.54, 1.807) is 11.8 Å². The number of nitrogens with zero attached hydrogens (tertiary/aromatic N) is 2. The first-order valence-corrected chi connectivity index (χ1v) is 9.77. The van der Waals surface area contributed by atoms with Crippen LogP contribution < -0.4 is 10.2 Å². The fourth-order valence-electron chi connectivity index (χ4n) is 3.75. The Balaban J connectivity index is 1.58. The molecule has 1 N–H and O–H groups in total. The van der Waals surface area contributed by atoms with Gasteiger partial charge in [0.05, 0.1) is 11.4 Å². The maximum atomic E-state index is 13.1. The third kappa shape index (κ3) is 3.14. The van der Waals surface area contributed by atoms with Crippen molar-refractivity contribution in [3.05, 3.63) is 48.5 Å². The summed E-state index contributed by atoms with van der Waals surface area (Å²) in [6.07, 6.45) is 2.39. The molecule has 25 heavy (non-hydrogen) atoms. The van der Waals surface area contributed by atoms with Gasteiger partial charge < -0.3 is 5.32 Å². The standard InChI is InChI=1S/C20H23N3OS/c1-2-22-13-7-8-15(22)14-21-20(24)23-16-9-3-5-11-18(16)25-19-12-6-4-10-17(19)23/h3-6,9-12,15H,2,7-8,13-14H2,1H3,(H,21,24). The SMILES string of the molecule is CCN1CCCC1CNC(=O)N1c2ccccc2Sc2ccccc21. The lowest BCUT2D eigenvalue weighted by Gasteiger charge is -2.32. The molecule has 0 bridgehead atoms. The molecule has 2 aromatic rings. The van der Waals surface area contributed by atoms with Crippen LogP contribution in [0.2, 0.25) is 0 Å². The minimum atomic E-state index is -0.0387. The molecule has 0 aliphatic carbocycles. The second kappa shape index (κ2) is 7.10. The molecule has 1 atom stereocenters. The molecule has 2 aliphatic rings. The van der Waals surface area contributed by atoms with E-state index in [1.807, 2.05) is 41.3 Å². The van der Waals surface area contributed by atoms with Crippen molar-refractivity contribution in [1.82, 2.24) is 10.2 Å². The highest BCUT2D eigenvalue weighted by molar-refractivity contribution is 7.99. The van der Waals surface area contributed by atoms with Gasteiger partial charge in [0.15, 0.2) is 0 Å². The molecule has 1 fully saturated rings. The normalized spacial score (nSPS) is 19.4. The number of fused-ring (bicyclic) bond motifs is 2. The number of likely N-dealkylation sites (tertiary alicyclic amines) is 1.